The van der Waals surface area contributed by atoms with Gasteiger partial charge in [-0.1, -0.05) is 0 Å². The second-order valence-corrected chi connectivity index (χ2v) is 8.99. The summed E-state index contributed by atoms with van der Waals surface area (Å²) >= 11 is 0. The summed E-state index contributed by atoms with van der Waals surface area (Å²) in [6.45, 7) is -0.999. The first kappa shape index (κ1) is 29.0. The summed E-state index contributed by atoms with van der Waals surface area (Å²) < 4.78 is 132. The van der Waals surface area contributed by atoms with Crippen LogP contribution >= 0.6 is 0 Å². The maximum Gasteiger partial charge on any atom is 0.172 e. The van der Waals surface area contributed by atoms with E-state index in [9.17, 15) is 0 Å². The molecule has 5 aromatic rings. The number of benzene rings is 3. The van der Waals surface area contributed by atoms with Crippen molar-refractivity contribution in [3.05, 3.63) is 94.3 Å². The normalized spacial score (nSPS) is 11.5. The van der Waals surface area contributed by atoms with Crippen LogP contribution in [0.5, 0.6) is 0 Å². The molecule has 6 nitrogen and oxygen atoms in total. The first-order valence-electron chi connectivity index (χ1n) is 12.0. The van der Waals surface area contributed by atoms with E-state index >= 15 is 35.1 Å². The first-order chi connectivity index (χ1) is 20.1. The van der Waals surface area contributed by atoms with Crippen molar-refractivity contribution < 1.29 is 44.6 Å². The number of methoxy groups -OCH3 is 2. The lowest BCUT2D eigenvalue weighted by Gasteiger charge is -2.20. The summed E-state index contributed by atoms with van der Waals surface area (Å²) in [6, 6.07) is 4.09. The summed E-state index contributed by atoms with van der Waals surface area (Å²) in [5.41, 5.74) is -6.45. The van der Waals surface area contributed by atoms with E-state index in [0.717, 1.165) is 36.7 Å². The molecule has 0 amide bonds. The van der Waals surface area contributed by atoms with E-state index in [-0.39, 0.29) is 22.5 Å². The van der Waals surface area contributed by atoms with Crippen molar-refractivity contribution in [2.45, 2.75) is 13.2 Å². The van der Waals surface area contributed by atoms with Gasteiger partial charge in [0.05, 0.1) is 46.9 Å². The number of nitrogens with one attached hydrogen (secondary N) is 2. The van der Waals surface area contributed by atoms with Gasteiger partial charge in [0.15, 0.2) is 46.5 Å². The summed E-state index contributed by atoms with van der Waals surface area (Å²) in [6.07, 6.45) is 2.24. The molecule has 0 unspecified atom stereocenters. The zero-order chi connectivity index (χ0) is 30.3. The van der Waals surface area contributed by atoms with E-state index < -0.39 is 93.1 Å². The molecule has 0 aliphatic rings. The number of hydrogen-bond donors (Lipinski definition) is 2. The fraction of sp³-hybridized carbons (Fsp3) is 0.143. The lowest BCUT2D eigenvalue weighted by Crippen LogP contribution is -2.09. The molecule has 5 rings (SSSR count). The van der Waals surface area contributed by atoms with Crippen LogP contribution in [0.15, 0.2) is 36.7 Å². The van der Waals surface area contributed by atoms with E-state index in [0.29, 0.717) is 0 Å². The van der Waals surface area contributed by atoms with Crippen LogP contribution in [-0.2, 0) is 22.7 Å². The van der Waals surface area contributed by atoms with Crippen LogP contribution in [0.3, 0.4) is 0 Å². The number of H-pyrrole nitrogens is 2. The SMILES string of the molecule is COCc1cc(-c2c(F)c(F)c(-c3ccn[nH]3)c(F)c2F)c(COC)cc1-c1c(F)c(F)c(-c2ccn[nH]2)c(F)c1F. The molecular weight excluding hydrogens is 576 g/mol. The minimum atomic E-state index is -1.79. The van der Waals surface area contributed by atoms with Crippen LogP contribution in [-0.4, -0.2) is 34.6 Å². The maximum atomic E-state index is 15.4. The molecule has 0 saturated carbocycles. The molecule has 0 spiro atoms. The van der Waals surface area contributed by atoms with Gasteiger partial charge < -0.3 is 9.47 Å². The van der Waals surface area contributed by atoms with Crippen LogP contribution in [0.25, 0.3) is 44.8 Å². The molecule has 0 saturated heterocycles. The Morgan fingerprint density at radius 1 is 0.524 bits per heavy atom. The van der Waals surface area contributed by atoms with E-state index in [4.69, 9.17) is 9.47 Å². The smallest absolute Gasteiger partial charge is 0.172 e. The van der Waals surface area contributed by atoms with Crippen molar-refractivity contribution in [2.24, 2.45) is 0 Å². The molecule has 0 radical (unpaired) electrons. The van der Waals surface area contributed by atoms with Gasteiger partial charge >= 0.3 is 0 Å². The van der Waals surface area contributed by atoms with Gasteiger partial charge in [0.25, 0.3) is 0 Å². The highest BCUT2D eigenvalue weighted by molar-refractivity contribution is 5.80. The molecule has 0 bridgehead atoms. The number of aromatic amines is 2. The van der Waals surface area contributed by atoms with Crippen LogP contribution in [0.2, 0.25) is 0 Å². The molecule has 218 valence electrons. The Labute approximate surface area is 231 Å². The van der Waals surface area contributed by atoms with E-state index in [1.165, 1.54) is 14.2 Å². The van der Waals surface area contributed by atoms with Gasteiger partial charge in [-0.3, -0.25) is 10.2 Å². The summed E-state index contributed by atoms with van der Waals surface area (Å²) in [5, 5.41) is 11.5. The molecule has 2 aromatic heterocycles. The highest BCUT2D eigenvalue weighted by Gasteiger charge is 2.32. The molecule has 2 N–H and O–H groups in total. The largest absolute Gasteiger partial charge is 0.380 e. The van der Waals surface area contributed by atoms with Gasteiger partial charge in [-0.05, 0) is 46.5 Å². The topological polar surface area (TPSA) is 75.8 Å². The fourth-order valence-electron chi connectivity index (χ4n) is 4.70. The lowest BCUT2D eigenvalue weighted by molar-refractivity contribution is 0.183. The highest BCUT2D eigenvalue weighted by Crippen LogP contribution is 2.43. The molecule has 0 atom stereocenters. The Balaban J connectivity index is 1.80. The van der Waals surface area contributed by atoms with Gasteiger partial charge in [0.2, 0.25) is 0 Å². The average molecular weight is 594 g/mol. The minimum absolute atomic E-state index is 0.226. The second kappa shape index (κ2) is 11.4. The zero-order valence-electron chi connectivity index (χ0n) is 21.6. The van der Waals surface area contributed by atoms with Crippen molar-refractivity contribution in [3.8, 4) is 44.8 Å². The van der Waals surface area contributed by atoms with E-state index in [2.05, 4.69) is 20.4 Å². The van der Waals surface area contributed by atoms with Crippen LogP contribution in [0, 0.1) is 46.5 Å². The molecule has 0 aliphatic heterocycles. The van der Waals surface area contributed by atoms with Crippen LogP contribution < -0.4 is 0 Å². The molecule has 14 heteroatoms. The van der Waals surface area contributed by atoms with Gasteiger partial charge in [0, 0.05) is 26.6 Å². The van der Waals surface area contributed by atoms with Gasteiger partial charge in [-0.2, -0.15) is 10.2 Å². The predicted molar refractivity (Wildman–Crippen MR) is 134 cm³/mol. The number of halogens is 8. The van der Waals surface area contributed by atoms with Crippen molar-refractivity contribution in [1.82, 2.24) is 20.4 Å². The van der Waals surface area contributed by atoms with Crippen molar-refractivity contribution in [2.75, 3.05) is 14.2 Å². The predicted octanol–water partition coefficient (Wildman–Crippen LogP) is 7.21. The third-order valence-corrected chi connectivity index (χ3v) is 6.53. The van der Waals surface area contributed by atoms with Crippen LogP contribution in [0.4, 0.5) is 35.1 Å². The number of hydrogen-bond acceptors (Lipinski definition) is 4. The second-order valence-electron chi connectivity index (χ2n) is 8.99. The Morgan fingerprint density at radius 3 is 1.10 bits per heavy atom. The summed E-state index contributed by atoms with van der Waals surface area (Å²) in [7, 11) is 2.34. The van der Waals surface area contributed by atoms with Gasteiger partial charge in [0.1, 0.15) is 0 Å². The lowest BCUT2D eigenvalue weighted by atomic mass is 9.88. The molecular formula is C28H18F8N4O2. The molecule has 42 heavy (non-hydrogen) atoms. The number of aromatic nitrogens is 4. The highest BCUT2D eigenvalue weighted by atomic mass is 19.2. The van der Waals surface area contributed by atoms with Gasteiger partial charge in [-0.15, -0.1) is 0 Å². The standard InChI is InChI=1S/C28H18F8N4O2/c1-41-9-11-7-14(18-23(31)27(35)20(28(36)24(18)32)16-4-6-38-40-16)12(10-42-2)8-13(11)17-21(29)25(33)19(26(34)22(17)30)15-3-5-37-39-15/h3-8H,9-10H2,1-2H3,(H,37,39)(H,38,40). The van der Waals surface area contributed by atoms with Crippen LogP contribution in [0.1, 0.15) is 11.1 Å². The number of ether oxygens (including phenoxy) is 2. The minimum Gasteiger partial charge on any atom is -0.380 e. The summed E-state index contributed by atoms with van der Waals surface area (Å²) in [4.78, 5) is 0. The fourth-order valence-corrected chi connectivity index (χ4v) is 4.70. The Bertz CT molecular complexity index is 1600. The molecule has 2 heterocycles. The molecule has 0 fully saturated rings. The Kier molecular flexibility index (Phi) is 7.84. The van der Waals surface area contributed by atoms with E-state index in [1.807, 2.05) is 0 Å². The van der Waals surface area contributed by atoms with Crippen molar-refractivity contribution in [3.63, 3.8) is 0 Å². The molecule has 0 aliphatic carbocycles. The van der Waals surface area contributed by atoms with Crippen molar-refractivity contribution >= 4 is 0 Å². The number of rotatable bonds is 8. The quantitative estimate of drug-likeness (QED) is 0.147. The zero-order valence-corrected chi connectivity index (χ0v) is 21.6. The average Bonchev–Trinajstić information content (AvgIpc) is 3.69. The Hall–Kier alpha value is -4.56. The third-order valence-electron chi connectivity index (χ3n) is 6.53. The maximum absolute atomic E-state index is 15.4. The van der Waals surface area contributed by atoms with Gasteiger partial charge in [-0.25, -0.2) is 35.1 Å². The molecule has 3 aromatic carbocycles. The monoisotopic (exact) mass is 594 g/mol. The number of nitrogens with zero attached hydrogens (tertiary/aromatic N) is 2. The third kappa shape index (κ3) is 4.61. The first-order valence-corrected chi connectivity index (χ1v) is 12.0. The van der Waals surface area contributed by atoms with Crippen molar-refractivity contribution in [1.29, 1.82) is 0 Å². The summed E-state index contributed by atoms with van der Waals surface area (Å²) in [5.74, 6) is -14.1. The Morgan fingerprint density at radius 2 is 0.833 bits per heavy atom. The van der Waals surface area contributed by atoms with E-state index in [1.54, 1.807) is 0 Å².